The molecule has 1 unspecified atom stereocenters. The maximum absolute atomic E-state index is 13.0. The van der Waals surface area contributed by atoms with Crippen LogP contribution in [0.1, 0.15) is 72.2 Å². The topological polar surface area (TPSA) is 58.2 Å². The van der Waals surface area contributed by atoms with Crippen molar-refractivity contribution < 1.29 is 9.59 Å². The van der Waals surface area contributed by atoms with Gasteiger partial charge in [-0.3, -0.25) is 9.59 Å². The quantitative estimate of drug-likeness (QED) is 0.563. The number of rotatable bonds is 4. The highest BCUT2D eigenvalue weighted by Crippen LogP contribution is 2.44. The lowest BCUT2D eigenvalue weighted by Gasteiger charge is -2.33. The van der Waals surface area contributed by atoms with Gasteiger partial charge >= 0.3 is 0 Å². The van der Waals surface area contributed by atoms with E-state index in [-0.39, 0.29) is 23.3 Å². The molecule has 6 heteroatoms. The van der Waals surface area contributed by atoms with Crippen LogP contribution in [0.3, 0.4) is 0 Å². The lowest BCUT2D eigenvalue weighted by atomic mass is 9.72. The molecule has 0 radical (unpaired) electrons. The Labute approximate surface area is 185 Å². The average molecular weight is 477 g/mol. The fourth-order valence-electron chi connectivity index (χ4n) is 3.79. The molecule has 4 nitrogen and oxygen atoms in total. The molecule has 1 aliphatic carbocycles. The number of hydrogen-bond acceptors (Lipinski definition) is 3. The number of benzene rings is 1. The number of amides is 2. The van der Waals surface area contributed by atoms with E-state index in [2.05, 4.69) is 47.3 Å². The standard InChI is InChI=1S/C23H29BrN2O2S/c1-13(2)25-21(28)19-17-10-9-15(23(3,4)5)12-18(17)29-22(19)26-20(27)14-7-6-8-16(24)11-14/h6-8,11,13,15H,9-10,12H2,1-5H3,(H,25,28)(H,26,27). The summed E-state index contributed by atoms with van der Waals surface area (Å²) in [6, 6.07) is 7.31. The number of anilines is 1. The third-order valence-electron chi connectivity index (χ3n) is 5.45. The Morgan fingerprint density at radius 2 is 1.93 bits per heavy atom. The minimum absolute atomic E-state index is 0.0394. The number of thiophene rings is 1. The molecule has 0 spiro atoms. The van der Waals surface area contributed by atoms with Crippen molar-refractivity contribution in [1.82, 2.24) is 5.32 Å². The van der Waals surface area contributed by atoms with Crippen LogP contribution < -0.4 is 10.6 Å². The first kappa shape index (κ1) is 22.0. The molecular formula is C23H29BrN2O2S. The second kappa shape index (κ2) is 8.60. The predicted molar refractivity (Wildman–Crippen MR) is 124 cm³/mol. The molecule has 2 amide bonds. The van der Waals surface area contributed by atoms with E-state index in [4.69, 9.17) is 0 Å². The monoisotopic (exact) mass is 476 g/mol. The number of carbonyl (C=O) groups is 2. The van der Waals surface area contributed by atoms with Crippen molar-refractivity contribution in [2.24, 2.45) is 11.3 Å². The molecule has 0 bridgehead atoms. The van der Waals surface area contributed by atoms with Gasteiger partial charge in [0.05, 0.1) is 5.56 Å². The second-order valence-corrected chi connectivity index (χ2v) is 11.1. The van der Waals surface area contributed by atoms with Gasteiger partial charge in [0.1, 0.15) is 5.00 Å². The average Bonchev–Trinajstić information content (AvgIpc) is 2.97. The highest BCUT2D eigenvalue weighted by molar-refractivity contribution is 9.10. The number of fused-ring (bicyclic) bond motifs is 1. The van der Waals surface area contributed by atoms with Crippen molar-refractivity contribution in [2.45, 2.75) is 59.9 Å². The Balaban J connectivity index is 1.96. The molecule has 1 atom stereocenters. The molecule has 1 aromatic heterocycles. The van der Waals surface area contributed by atoms with Crippen LogP contribution in [-0.4, -0.2) is 17.9 Å². The first-order valence-corrected chi connectivity index (χ1v) is 11.7. The number of nitrogens with one attached hydrogen (secondary N) is 2. The van der Waals surface area contributed by atoms with Crippen LogP contribution in [0.25, 0.3) is 0 Å². The van der Waals surface area contributed by atoms with E-state index < -0.39 is 0 Å². The van der Waals surface area contributed by atoms with Gasteiger partial charge in [0.25, 0.3) is 11.8 Å². The predicted octanol–water partition coefficient (Wildman–Crippen LogP) is 6.05. The zero-order chi connectivity index (χ0) is 21.3. The summed E-state index contributed by atoms with van der Waals surface area (Å²) in [5.41, 5.74) is 2.54. The van der Waals surface area contributed by atoms with Gasteiger partial charge < -0.3 is 10.6 Å². The van der Waals surface area contributed by atoms with E-state index in [9.17, 15) is 9.59 Å². The van der Waals surface area contributed by atoms with Crippen LogP contribution in [-0.2, 0) is 12.8 Å². The van der Waals surface area contributed by atoms with Crippen LogP contribution in [0.15, 0.2) is 28.7 Å². The zero-order valence-corrected chi connectivity index (χ0v) is 20.1. The largest absolute Gasteiger partial charge is 0.350 e. The Bertz CT molecular complexity index is 927. The molecular weight excluding hydrogens is 448 g/mol. The van der Waals surface area contributed by atoms with Crippen molar-refractivity contribution in [2.75, 3.05) is 5.32 Å². The van der Waals surface area contributed by atoms with Crippen molar-refractivity contribution in [3.05, 3.63) is 50.3 Å². The molecule has 0 saturated heterocycles. The zero-order valence-electron chi connectivity index (χ0n) is 17.7. The van der Waals surface area contributed by atoms with Crippen LogP contribution in [0.2, 0.25) is 0 Å². The lowest BCUT2D eigenvalue weighted by molar-refractivity contribution is 0.0943. The Morgan fingerprint density at radius 3 is 2.55 bits per heavy atom. The van der Waals surface area contributed by atoms with Crippen LogP contribution in [0, 0.1) is 11.3 Å². The molecule has 156 valence electrons. The van der Waals surface area contributed by atoms with Crippen molar-refractivity contribution in [1.29, 1.82) is 0 Å². The van der Waals surface area contributed by atoms with Crippen LogP contribution in [0.5, 0.6) is 0 Å². The maximum Gasteiger partial charge on any atom is 0.256 e. The van der Waals surface area contributed by atoms with Gasteiger partial charge in [-0.1, -0.05) is 42.8 Å². The normalized spacial score (nSPS) is 16.4. The van der Waals surface area contributed by atoms with E-state index in [1.165, 1.54) is 4.88 Å². The number of hydrogen-bond donors (Lipinski definition) is 2. The first-order valence-electron chi connectivity index (χ1n) is 10.1. The van der Waals surface area contributed by atoms with Gasteiger partial charge in [0, 0.05) is 21.0 Å². The van der Waals surface area contributed by atoms with Gasteiger partial charge in [-0.25, -0.2) is 0 Å². The molecule has 29 heavy (non-hydrogen) atoms. The molecule has 0 fully saturated rings. The van der Waals surface area contributed by atoms with E-state index in [1.807, 2.05) is 26.0 Å². The molecule has 0 saturated carbocycles. The van der Waals surface area contributed by atoms with Gasteiger partial charge in [-0.15, -0.1) is 11.3 Å². The second-order valence-electron chi connectivity index (χ2n) is 9.11. The summed E-state index contributed by atoms with van der Waals surface area (Å²) in [7, 11) is 0. The maximum atomic E-state index is 13.0. The van der Waals surface area contributed by atoms with Gasteiger partial charge in [0.2, 0.25) is 0 Å². The molecule has 1 aliphatic rings. The molecule has 2 N–H and O–H groups in total. The molecule has 0 aliphatic heterocycles. The minimum atomic E-state index is -0.198. The molecule has 2 aromatic rings. The van der Waals surface area contributed by atoms with Crippen molar-refractivity contribution >= 4 is 44.1 Å². The van der Waals surface area contributed by atoms with E-state index >= 15 is 0 Å². The Morgan fingerprint density at radius 1 is 1.21 bits per heavy atom. The van der Waals surface area contributed by atoms with Gasteiger partial charge in [-0.2, -0.15) is 0 Å². The number of halogens is 1. The smallest absolute Gasteiger partial charge is 0.256 e. The Kier molecular flexibility index (Phi) is 6.54. The fourth-order valence-corrected chi connectivity index (χ4v) is 5.51. The lowest BCUT2D eigenvalue weighted by Crippen LogP contribution is -2.32. The summed E-state index contributed by atoms with van der Waals surface area (Å²) < 4.78 is 0.849. The summed E-state index contributed by atoms with van der Waals surface area (Å²) in [5, 5.41) is 6.68. The fraction of sp³-hybridized carbons (Fsp3) is 0.478. The van der Waals surface area contributed by atoms with Gasteiger partial charge in [-0.05, 0) is 68.2 Å². The van der Waals surface area contributed by atoms with Crippen LogP contribution in [0.4, 0.5) is 5.00 Å². The minimum Gasteiger partial charge on any atom is -0.350 e. The highest BCUT2D eigenvalue weighted by Gasteiger charge is 2.34. The summed E-state index contributed by atoms with van der Waals surface area (Å²) in [5.74, 6) is 0.274. The first-order chi connectivity index (χ1) is 13.6. The summed E-state index contributed by atoms with van der Waals surface area (Å²) in [6.45, 7) is 10.7. The van der Waals surface area contributed by atoms with E-state index in [1.54, 1.807) is 23.5 Å². The molecule has 1 aromatic carbocycles. The van der Waals surface area contributed by atoms with E-state index in [0.717, 1.165) is 29.3 Å². The third kappa shape index (κ3) is 5.10. The van der Waals surface area contributed by atoms with Gasteiger partial charge in [0.15, 0.2) is 0 Å². The summed E-state index contributed by atoms with van der Waals surface area (Å²) in [6.07, 6.45) is 2.90. The molecule has 1 heterocycles. The van der Waals surface area contributed by atoms with Crippen molar-refractivity contribution in [3.8, 4) is 0 Å². The number of carbonyl (C=O) groups excluding carboxylic acids is 2. The third-order valence-corrected chi connectivity index (χ3v) is 7.11. The van der Waals surface area contributed by atoms with E-state index in [0.29, 0.717) is 22.0 Å². The molecule has 3 rings (SSSR count). The van der Waals surface area contributed by atoms with Crippen molar-refractivity contribution in [3.63, 3.8) is 0 Å². The van der Waals surface area contributed by atoms with Crippen LogP contribution >= 0.6 is 27.3 Å². The highest BCUT2D eigenvalue weighted by atomic mass is 79.9. The summed E-state index contributed by atoms with van der Waals surface area (Å²) in [4.78, 5) is 27.1. The summed E-state index contributed by atoms with van der Waals surface area (Å²) >= 11 is 4.97. The Hall–Kier alpha value is -1.66. The SMILES string of the molecule is CC(C)NC(=O)c1c(NC(=O)c2cccc(Br)c2)sc2c1CCC(C(C)(C)C)C2.